The van der Waals surface area contributed by atoms with Crippen molar-refractivity contribution in [2.45, 2.75) is 25.7 Å². The van der Waals surface area contributed by atoms with Gasteiger partial charge < -0.3 is 9.64 Å². The third-order valence-corrected chi connectivity index (χ3v) is 7.32. The van der Waals surface area contributed by atoms with Crippen LogP contribution in [0, 0.1) is 6.92 Å². The highest BCUT2D eigenvalue weighted by atomic mass is 35.5. The van der Waals surface area contributed by atoms with Crippen LogP contribution in [-0.2, 0) is 0 Å². The van der Waals surface area contributed by atoms with E-state index in [1.807, 2.05) is 54.4 Å². The summed E-state index contributed by atoms with van der Waals surface area (Å²) in [4.78, 5) is 19.8. The van der Waals surface area contributed by atoms with Gasteiger partial charge in [-0.3, -0.25) is 4.79 Å². The molecule has 0 spiro atoms. The number of halogens is 1. The molecule has 5 rings (SSSR count). The number of nitrogens with zero attached hydrogens (tertiary/aromatic N) is 4. The Labute approximate surface area is 195 Å². The maximum atomic E-state index is 13.1. The quantitative estimate of drug-likeness (QED) is 0.400. The summed E-state index contributed by atoms with van der Waals surface area (Å²) in [6.45, 7) is 3.41. The molecule has 2 aromatic heterocycles. The molecule has 0 aliphatic carbocycles. The van der Waals surface area contributed by atoms with Gasteiger partial charge in [-0.2, -0.15) is 5.10 Å². The highest BCUT2D eigenvalue weighted by molar-refractivity contribution is 7.18. The third-order valence-electron chi connectivity index (χ3n) is 5.89. The van der Waals surface area contributed by atoms with Crippen LogP contribution in [0.25, 0.3) is 15.9 Å². The SMILES string of the molecule is COc1ccc(C)cc1-n1ccc(C(=O)N2CCC(c3nc4cc(Cl)ccc4s3)CC2)n1. The Morgan fingerprint density at radius 2 is 1.97 bits per heavy atom. The molecule has 164 valence electrons. The number of amides is 1. The number of benzene rings is 2. The number of carbonyl (C=O) groups excluding carboxylic acids is 1. The fraction of sp³-hybridized carbons (Fsp3) is 0.292. The number of hydrogen-bond acceptors (Lipinski definition) is 5. The van der Waals surface area contributed by atoms with E-state index in [9.17, 15) is 4.79 Å². The van der Waals surface area contributed by atoms with Gasteiger partial charge in [0.25, 0.3) is 5.91 Å². The summed E-state index contributed by atoms with van der Waals surface area (Å²) in [5, 5.41) is 6.38. The van der Waals surface area contributed by atoms with Gasteiger partial charge in [-0.15, -0.1) is 11.3 Å². The van der Waals surface area contributed by atoms with Gasteiger partial charge in [-0.1, -0.05) is 17.7 Å². The van der Waals surface area contributed by atoms with Crippen LogP contribution in [0.1, 0.15) is 39.8 Å². The summed E-state index contributed by atoms with van der Waals surface area (Å²) in [7, 11) is 1.63. The fourth-order valence-electron chi connectivity index (χ4n) is 4.14. The number of aryl methyl sites for hydroxylation is 1. The normalized spacial score (nSPS) is 14.8. The van der Waals surface area contributed by atoms with Crippen LogP contribution in [0.5, 0.6) is 5.75 Å². The number of ether oxygens (including phenoxy) is 1. The second kappa shape index (κ2) is 8.56. The van der Waals surface area contributed by atoms with Crippen LogP contribution in [0.3, 0.4) is 0 Å². The molecule has 0 N–H and O–H groups in total. The lowest BCUT2D eigenvalue weighted by atomic mass is 9.97. The first-order valence-corrected chi connectivity index (χ1v) is 11.8. The summed E-state index contributed by atoms with van der Waals surface area (Å²) >= 11 is 7.82. The Kier molecular flexibility index (Phi) is 5.61. The van der Waals surface area contributed by atoms with Crippen molar-refractivity contribution in [3.8, 4) is 11.4 Å². The first-order valence-electron chi connectivity index (χ1n) is 10.6. The molecule has 1 fully saturated rings. The summed E-state index contributed by atoms with van der Waals surface area (Å²) in [5.41, 5.74) is 3.32. The number of likely N-dealkylation sites (tertiary alicyclic amines) is 1. The lowest BCUT2D eigenvalue weighted by molar-refractivity contribution is 0.0706. The average Bonchev–Trinajstić information content (AvgIpc) is 3.46. The van der Waals surface area contributed by atoms with Gasteiger partial charge in [0, 0.05) is 30.2 Å². The molecule has 32 heavy (non-hydrogen) atoms. The maximum Gasteiger partial charge on any atom is 0.274 e. The molecule has 6 nitrogen and oxygen atoms in total. The van der Waals surface area contributed by atoms with Crippen molar-refractivity contribution in [1.29, 1.82) is 0 Å². The zero-order valence-electron chi connectivity index (χ0n) is 17.9. The summed E-state index contributed by atoms with van der Waals surface area (Å²) in [6, 6.07) is 13.5. The van der Waals surface area contributed by atoms with E-state index in [0.717, 1.165) is 45.1 Å². The Morgan fingerprint density at radius 1 is 1.16 bits per heavy atom. The van der Waals surface area contributed by atoms with Gasteiger partial charge >= 0.3 is 0 Å². The predicted octanol–water partition coefficient (Wildman–Crippen LogP) is 5.47. The molecule has 1 saturated heterocycles. The molecule has 1 aliphatic rings. The van der Waals surface area contributed by atoms with E-state index >= 15 is 0 Å². The predicted molar refractivity (Wildman–Crippen MR) is 127 cm³/mol. The van der Waals surface area contributed by atoms with E-state index in [0.29, 0.717) is 29.7 Å². The van der Waals surface area contributed by atoms with Crippen molar-refractivity contribution >= 4 is 39.1 Å². The first kappa shape index (κ1) is 21.0. The van der Waals surface area contributed by atoms with Crippen LogP contribution in [-0.4, -0.2) is 45.8 Å². The lowest BCUT2D eigenvalue weighted by Gasteiger charge is -2.30. The van der Waals surface area contributed by atoms with Crippen molar-refractivity contribution in [3.05, 3.63) is 69.9 Å². The molecule has 0 bridgehead atoms. The summed E-state index contributed by atoms with van der Waals surface area (Å²) in [6.07, 6.45) is 3.60. The zero-order chi connectivity index (χ0) is 22.2. The second-order valence-corrected chi connectivity index (χ2v) is 9.55. The van der Waals surface area contributed by atoms with Gasteiger partial charge in [0.2, 0.25) is 0 Å². The molecule has 3 heterocycles. The fourth-order valence-corrected chi connectivity index (χ4v) is 5.42. The van der Waals surface area contributed by atoms with E-state index in [2.05, 4.69) is 5.10 Å². The highest BCUT2D eigenvalue weighted by Crippen LogP contribution is 2.35. The number of methoxy groups -OCH3 is 1. The number of carbonyl (C=O) groups is 1. The maximum absolute atomic E-state index is 13.1. The van der Waals surface area contributed by atoms with Crippen LogP contribution < -0.4 is 4.74 Å². The Hall–Kier alpha value is -2.90. The minimum Gasteiger partial charge on any atom is -0.494 e. The second-order valence-electron chi connectivity index (χ2n) is 8.05. The Balaban J connectivity index is 1.28. The monoisotopic (exact) mass is 466 g/mol. The molecule has 4 aromatic rings. The molecule has 0 saturated carbocycles. The Morgan fingerprint density at radius 3 is 2.75 bits per heavy atom. The van der Waals surface area contributed by atoms with Crippen molar-refractivity contribution in [1.82, 2.24) is 19.7 Å². The molecule has 0 radical (unpaired) electrons. The molecule has 1 amide bonds. The van der Waals surface area contributed by atoms with Crippen LogP contribution in [0.4, 0.5) is 0 Å². The van der Waals surface area contributed by atoms with Crippen LogP contribution in [0.2, 0.25) is 5.02 Å². The smallest absolute Gasteiger partial charge is 0.274 e. The van der Waals surface area contributed by atoms with E-state index < -0.39 is 0 Å². The molecular weight excluding hydrogens is 444 g/mol. The number of rotatable bonds is 4. The van der Waals surface area contributed by atoms with Gasteiger partial charge in [0.05, 0.1) is 22.3 Å². The minimum atomic E-state index is -0.0371. The van der Waals surface area contributed by atoms with E-state index in [-0.39, 0.29) is 5.91 Å². The average molecular weight is 467 g/mol. The Bertz CT molecular complexity index is 1290. The summed E-state index contributed by atoms with van der Waals surface area (Å²) < 4.78 is 8.31. The standard InChI is InChI=1S/C24H23ClN4O2S/c1-15-3-5-21(31-2)20(13-15)29-12-9-18(27-29)24(30)28-10-7-16(8-11-28)23-26-19-14-17(25)4-6-22(19)32-23/h3-6,9,12-14,16H,7-8,10-11H2,1-2H3. The topological polar surface area (TPSA) is 60.2 Å². The van der Waals surface area contributed by atoms with Crippen molar-refractivity contribution in [3.63, 3.8) is 0 Å². The molecular formula is C24H23ClN4O2S. The van der Waals surface area contributed by atoms with Crippen LogP contribution >= 0.6 is 22.9 Å². The largest absolute Gasteiger partial charge is 0.494 e. The van der Waals surface area contributed by atoms with Gasteiger partial charge in [-0.05, 0) is 61.7 Å². The summed E-state index contributed by atoms with van der Waals surface area (Å²) in [5.74, 6) is 1.05. The molecule has 2 aromatic carbocycles. The van der Waals surface area contributed by atoms with Crippen molar-refractivity contribution in [2.75, 3.05) is 20.2 Å². The van der Waals surface area contributed by atoms with E-state index in [1.165, 1.54) is 0 Å². The van der Waals surface area contributed by atoms with Crippen molar-refractivity contribution < 1.29 is 9.53 Å². The van der Waals surface area contributed by atoms with Crippen molar-refractivity contribution in [2.24, 2.45) is 0 Å². The number of piperidine rings is 1. The number of aromatic nitrogens is 3. The zero-order valence-corrected chi connectivity index (χ0v) is 19.5. The first-order chi connectivity index (χ1) is 15.5. The minimum absolute atomic E-state index is 0.0371. The number of fused-ring (bicyclic) bond motifs is 1. The molecule has 0 atom stereocenters. The molecule has 8 heteroatoms. The van der Waals surface area contributed by atoms with E-state index in [4.69, 9.17) is 21.3 Å². The third kappa shape index (κ3) is 3.98. The van der Waals surface area contributed by atoms with Gasteiger partial charge in [-0.25, -0.2) is 9.67 Å². The lowest BCUT2D eigenvalue weighted by Crippen LogP contribution is -2.38. The van der Waals surface area contributed by atoms with Gasteiger partial charge in [0.15, 0.2) is 5.69 Å². The molecule has 0 unspecified atom stereocenters. The van der Waals surface area contributed by atoms with Gasteiger partial charge in [0.1, 0.15) is 11.4 Å². The number of thiazole rings is 1. The molecule has 1 aliphatic heterocycles. The highest BCUT2D eigenvalue weighted by Gasteiger charge is 2.27. The van der Waals surface area contributed by atoms with Crippen LogP contribution in [0.15, 0.2) is 48.7 Å². The van der Waals surface area contributed by atoms with E-state index in [1.54, 1.807) is 29.2 Å². The number of hydrogen-bond donors (Lipinski definition) is 0.